The molecule has 15 nitrogen and oxygen atoms in total. The van der Waals surface area contributed by atoms with Gasteiger partial charge in [0, 0.05) is 35.8 Å². The number of benzene rings is 5. The summed E-state index contributed by atoms with van der Waals surface area (Å²) in [7, 11) is 4.26. The van der Waals surface area contributed by atoms with E-state index in [1.54, 1.807) is 7.11 Å². The van der Waals surface area contributed by atoms with Crippen molar-refractivity contribution in [2.75, 3.05) is 34.5 Å². The standard InChI is InChI=1S/C51H52N8O7/c1-27(2)40(56-48(62)65-4)46(60)58-23-28(24-64-3)19-38(58)44-52-36-17-13-32-20-30(11-15-34(32)42(36)54-44)31-12-16-35-33(21-31)14-18-37-43(35)55-45(53-37)39-22-50-25-51(50,26-50)59(39)47(61)41(57-49(63)66-5)29-9-7-6-8-10-29/h6-18,20-21,27-28,38-41H,19,22-26H2,1-5H3,(H,52,54)(H,53,55)(H,56,62)(H,57,63)/t28-,38-,39-,40-,41+,50?,51?/m0/s1. The van der Waals surface area contributed by atoms with E-state index in [1.165, 1.54) is 14.2 Å². The molecule has 2 aromatic heterocycles. The Kier molecular flexibility index (Phi) is 9.84. The molecule has 5 atom stereocenters. The predicted molar refractivity (Wildman–Crippen MR) is 248 cm³/mol. The number of carbonyl (C=O) groups is 4. The fourth-order valence-corrected chi connectivity index (χ4v) is 11.3. The summed E-state index contributed by atoms with van der Waals surface area (Å²) in [5.74, 6) is 1.07. The molecule has 0 radical (unpaired) electrons. The first-order chi connectivity index (χ1) is 31.9. The van der Waals surface area contributed by atoms with Crippen molar-refractivity contribution in [3.63, 3.8) is 0 Å². The number of H-pyrrole nitrogens is 2. The van der Waals surface area contributed by atoms with Crippen molar-refractivity contribution in [2.45, 2.75) is 69.2 Å². The first kappa shape index (κ1) is 41.7. The number of aromatic nitrogens is 4. The van der Waals surface area contributed by atoms with Crippen molar-refractivity contribution in [1.29, 1.82) is 0 Å². The van der Waals surface area contributed by atoms with Crippen LogP contribution in [-0.2, 0) is 23.8 Å². The number of aromatic amines is 2. The number of amides is 4. The van der Waals surface area contributed by atoms with Crippen LogP contribution in [0.15, 0.2) is 91.0 Å². The van der Waals surface area contributed by atoms with Gasteiger partial charge in [-0.1, -0.05) is 80.6 Å². The van der Waals surface area contributed by atoms with Crippen LogP contribution >= 0.6 is 0 Å². The Bertz CT molecular complexity index is 3100. The number of fused-ring (bicyclic) bond motifs is 6. The predicted octanol–water partition coefficient (Wildman–Crippen LogP) is 8.23. The number of alkyl carbamates (subject to hydrolysis) is 2. The smallest absolute Gasteiger partial charge is 0.407 e. The Morgan fingerprint density at radius 2 is 1.33 bits per heavy atom. The Labute approximate surface area is 380 Å². The highest BCUT2D eigenvalue weighted by molar-refractivity contribution is 6.07. The highest BCUT2D eigenvalue weighted by atomic mass is 16.5. The second-order valence-corrected chi connectivity index (χ2v) is 19.0. The maximum Gasteiger partial charge on any atom is 0.407 e. The third kappa shape index (κ3) is 6.65. The number of nitrogens with zero attached hydrogens (tertiary/aromatic N) is 4. The molecule has 0 spiro atoms. The summed E-state index contributed by atoms with van der Waals surface area (Å²) in [5, 5.41) is 9.63. The minimum Gasteiger partial charge on any atom is -0.453 e. The van der Waals surface area contributed by atoms with Gasteiger partial charge in [-0.25, -0.2) is 19.6 Å². The molecule has 4 heterocycles. The quantitative estimate of drug-likeness (QED) is 0.0994. The van der Waals surface area contributed by atoms with E-state index < -0.39 is 24.3 Å². The third-order valence-corrected chi connectivity index (χ3v) is 14.8. The first-order valence-electron chi connectivity index (χ1n) is 22.7. The number of ether oxygens (including phenoxy) is 3. The molecule has 4 fully saturated rings. The molecule has 2 saturated heterocycles. The molecule has 7 aromatic rings. The van der Waals surface area contributed by atoms with Crippen LogP contribution in [0.2, 0.25) is 0 Å². The summed E-state index contributed by atoms with van der Waals surface area (Å²) < 4.78 is 15.3. The Morgan fingerprint density at radius 1 is 0.742 bits per heavy atom. The second-order valence-electron chi connectivity index (χ2n) is 19.0. The first-order valence-corrected chi connectivity index (χ1v) is 22.7. The molecule has 5 aromatic carbocycles. The molecule has 338 valence electrons. The van der Waals surface area contributed by atoms with Crippen LogP contribution in [0.3, 0.4) is 0 Å². The number of hydrogen-bond donors (Lipinski definition) is 4. The van der Waals surface area contributed by atoms with E-state index in [0.29, 0.717) is 31.0 Å². The molecule has 2 saturated carbocycles. The summed E-state index contributed by atoms with van der Waals surface area (Å²) >= 11 is 0. The summed E-state index contributed by atoms with van der Waals surface area (Å²) in [6, 6.07) is 28.3. The van der Waals surface area contributed by atoms with Crippen LogP contribution < -0.4 is 10.6 Å². The van der Waals surface area contributed by atoms with Gasteiger partial charge in [-0.3, -0.25) is 9.59 Å². The van der Waals surface area contributed by atoms with Crippen LogP contribution in [0.5, 0.6) is 0 Å². The average molecular weight is 889 g/mol. The van der Waals surface area contributed by atoms with Crippen molar-refractivity contribution >= 4 is 67.6 Å². The molecule has 4 N–H and O–H groups in total. The maximum absolute atomic E-state index is 14.6. The van der Waals surface area contributed by atoms with Crippen molar-refractivity contribution in [3.05, 3.63) is 108 Å². The summed E-state index contributed by atoms with van der Waals surface area (Å²) in [6.45, 7) is 4.79. The lowest BCUT2D eigenvalue weighted by atomic mass is 9.98. The SMILES string of the molecule is COC[C@H]1C[C@@H](c2nc3c(ccc4cc(-c5ccc6c(ccc7[nH]c([C@@H]8CC9%10CC9(C%10)N8C(=O)[C@H](NC(=O)OC)c8ccccc8)nc76)c5)ccc43)[nH]2)N(C(=O)[C@@H](NC(=O)OC)C(C)C)C1. The molecular formula is C51H52N8O7. The van der Waals surface area contributed by atoms with Crippen molar-refractivity contribution < 1.29 is 33.4 Å². The minimum atomic E-state index is -0.884. The topological polar surface area (TPSA) is 184 Å². The maximum atomic E-state index is 14.6. The zero-order chi connectivity index (χ0) is 45.6. The lowest BCUT2D eigenvalue weighted by Gasteiger charge is -2.35. The Hall–Kier alpha value is -7.00. The van der Waals surface area contributed by atoms with E-state index in [4.69, 9.17) is 24.2 Å². The number of nitrogens with one attached hydrogen (secondary N) is 4. The number of carbonyl (C=O) groups excluding carboxylic acids is 4. The molecule has 4 amide bonds. The molecule has 15 heteroatoms. The van der Waals surface area contributed by atoms with E-state index in [9.17, 15) is 19.2 Å². The molecule has 2 aliphatic carbocycles. The number of likely N-dealkylation sites (tertiary alicyclic amines) is 2. The zero-order valence-corrected chi connectivity index (χ0v) is 37.5. The van der Waals surface area contributed by atoms with Gasteiger partial charge < -0.3 is 44.6 Å². The van der Waals surface area contributed by atoms with Gasteiger partial charge in [0.2, 0.25) is 5.91 Å². The minimum absolute atomic E-state index is 0.107. The van der Waals surface area contributed by atoms with Gasteiger partial charge in [-0.15, -0.1) is 0 Å². The number of rotatable bonds is 11. The lowest BCUT2D eigenvalue weighted by Crippen LogP contribution is -2.51. The van der Waals surface area contributed by atoms with Gasteiger partial charge >= 0.3 is 12.2 Å². The van der Waals surface area contributed by atoms with Crippen molar-refractivity contribution in [2.24, 2.45) is 17.3 Å². The van der Waals surface area contributed by atoms with E-state index in [0.717, 1.165) is 79.8 Å². The van der Waals surface area contributed by atoms with Gasteiger partial charge in [0.25, 0.3) is 5.91 Å². The van der Waals surface area contributed by atoms with E-state index in [2.05, 4.69) is 75.2 Å². The summed E-state index contributed by atoms with van der Waals surface area (Å²) in [6.07, 6.45) is 2.16. The molecule has 4 aliphatic rings. The Morgan fingerprint density at radius 3 is 1.91 bits per heavy atom. The largest absolute Gasteiger partial charge is 0.453 e. The molecule has 0 bridgehead atoms. The van der Waals surface area contributed by atoms with Gasteiger partial charge in [-0.2, -0.15) is 0 Å². The van der Waals surface area contributed by atoms with Gasteiger partial charge in [0.1, 0.15) is 23.7 Å². The van der Waals surface area contributed by atoms with Gasteiger partial charge in [-0.05, 0) is 83.3 Å². The van der Waals surface area contributed by atoms with Crippen LogP contribution in [0.4, 0.5) is 9.59 Å². The van der Waals surface area contributed by atoms with E-state index in [-0.39, 0.29) is 46.7 Å². The van der Waals surface area contributed by atoms with Crippen molar-refractivity contribution in [3.8, 4) is 11.1 Å². The van der Waals surface area contributed by atoms with E-state index >= 15 is 0 Å². The number of hydrogen-bond acceptors (Lipinski definition) is 9. The fraction of sp³-hybridized carbons (Fsp3) is 0.373. The number of piperidine rings is 2. The second kappa shape index (κ2) is 15.6. The van der Waals surface area contributed by atoms with Gasteiger partial charge in [0.05, 0.1) is 60.5 Å². The van der Waals surface area contributed by atoms with Gasteiger partial charge in [0.15, 0.2) is 0 Å². The molecular weight excluding hydrogens is 837 g/mol. The van der Waals surface area contributed by atoms with Crippen LogP contribution in [0, 0.1) is 17.3 Å². The van der Waals surface area contributed by atoms with Crippen LogP contribution in [0.1, 0.15) is 74.9 Å². The summed E-state index contributed by atoms with van der Waals surface area (Å²) in [4.78, 5) is 74.7. The molecule has 11 rings (SSSR count). The number of methoxy groups -OCH3 is 3. The van der Waals surface area contributed by atoms with E-state index in [1.807, 2.05) is 60.0 Å². The number of imidazole rings is 2. The fourth-order valence-electron chi connectivity index (χ4n) is 11.3. The summed E-state index contributed by atoms with van der Waals surface area (Å²) in [5.41, 5.74) is 6.21. The Balaban J connectivity index is 0.875. The van der Waals surface area contributed by atoms with Crippen LogP contribution in [0.25, 0.3) is 54.7 Å². The normalized spacial score (nSPS) is 23.8. The monoisotopic (exact) mass is 888 g/mol. The van der Waals surface area contributed by atoms with Crippen LogP contribution in [-0.4, -0.2) is 99.8 Å². The molecule has 66 heavy (non-hydrogen) atoms. The zero-order valence-electron chi connectivity index (χ0n) is 37.5. The average Bonchev–Trinajstić information content (AvgIpc) is 3.72. The lowest BCUT2D eigenvalue weighted by molar-refractivity contribution is -0.138. The highest BCUT2D eigenvalue weighted by Crippen LogP contribution is 2.89. The third-order valence-electron chi connectivity index (χ3n) is 14.8. The molecule has 2 aliphatic heterocycles. The molecule has 0 unspecified atom stereocenters. The van der Waals surface area contributed by atoms with Crippen molar-refractivity contribution in [1.82, 2.24) is 40.4 Å². The highest BCUT2D eigenvalue weighted by Gasteiger charge is 2.91.